The van der Waals surface area contributed by atoms with Gasteiger partial charge in [-0.1, -0.05) is 42.5 Å². The minimum absolute atomic E-state index is 0.0572. The van der Waals surface area contributed by atoms with Crippen molar-refractivity contribution in [2.24, 2.45) is 10.1 Å². The van der Waals surface area contributed by atoms with Crippen LogP contribution in [0.4, 0.5) is 10.1 Å². The van der Waals surface area contributed by atoms with E-state index in [1.807, 2.05) is 30.3 Å². The Hall–Kier alpha value is -3.62. The SMILES string of the molecule is NS(=O)(=O)c1ccc(N2C(=O)/C(=C/c3ccc(F)cc3)N=C2c2ccccc2)cc1. The maximum absolute atomic E-state index is 13.2. The number of hydrogen-bond donors (Lipinski definition) is 1. The number of nitrogens with two attached hydrogens (primary N) is 1. The molecule has 0 saturated heterocycles. The number of hydrogen-bond acceptors (Lipinski definition) is 4. The third kappa shape index (κ3) is 3.91. The van der Waals surface area contributed by atoms with Crippen LogP contribution in [0.25, 0.3) is 6.08 Å². The Morgan fingerprint density at radius 3 is 2.13 bits per heavy atom. The van der Waals surface area contributed by atoms with Crippen molar-refractivity contribution >= 4 is 33.5 Å². The number of aliphatic imine (C=N–C) groups is 1. The lowest BCUT2D eigenvalue weighted by Crippen LogP contribution is -2.32. The second-order valence-corrected chi connectivity index (χ2v) is 8.12. The van der Waals surface area contributed by atoms with E-state index in [9.17, 15) is 17.6 Å². The quantitative estimate of drug-likeness (QED) is 0.655. The number of sulfonamides is 1. The van der Waals surface area contributed by atoms with Crippen LogP contribution >= 0.6 is 0 Å². The van der Waals surface area contributed by atoms with Crippen LogP contribution in [0.1, 0.15) is 11.1 Å². The fraction of sp³-hybridized carbons (Fsp3) is 0. The van der Waals surface area contributed by atoms with Crippen LogP contribution in [0, 0.1) is 5.82 Å². The molecule has 0 atom stereocenters. The molecule has 0 aromatic heterocycles. The zero-order valence-electron chi connectivity index (χ0n) is 15.6. The summed E-state index contributed by atoms with van der Waals surface area (Å²) in [6.07, 6.45) is 1.57. The summed E-state index contributed by atoms with van der Waals surface area (Å²) in [7, 11) is -3.85. The van der Waals surface area contributed by atoms with Gasteiger partial charge in [-0.05, 0) is 48.0 Å². The van der Waals surface area contributed by atoms with E-state index >= 15 is 0 Å². The van der Waals surface area contributed by atoms with Crippen molar-refractivity contribution in [3.05, 3.63) is 102 Å². The number of benzene rings is 3. The van der Waals surface area contributed by atoms with Crippen molar-refractivity contribution in [3.63, 3.8) is 0 Å². The summed E-state index contributed by atoms with van der Waals surface area (Å²) in [5, 5.41) is 5.16. The van der Waals surface area contributed by atoms with Gasteiger partial charge in [0.15, 0.2) is 0 Å². The first kappa shape index (κ1) is 19.7. The number of carbonyl (C=O) groups excluding carboxylic acids is 1. The molecule has 0 saturated carbocycles. The zero-order chi connectivity index (χ0) is 21.3. The molecule has 0 fully saturated rings. The Balaban J connectivity index is 1.79. The van der Waals surface area contributed by atoms with E-state index in [0.29, 0.717) is 22.6 Å². The van der Waals surface area contributed by atoms with Gasteiger partial charge in [0.05, 0.1) is 10.6 Å². The molecule has 2 N–H and O–H groups in total. The van der Waals surface area contributed by atoms with Gasteiger partial charge >= 0.3 is 0 Å². The highest BCUT2D eigenvalue weighted by Crippen LogP contribution is 2.28. The standard InChI is InChI=1S/C22H16FN3O3S/c23-17-8-6-15(7-9-17)14-20-22(27)26(21(25-20)16-4-2-1-3-5-16)18-10-12-19(13-11-18)30(24,28)29/h1-14H,(H2,24,28,29)/b20-14-. The molecule has 0 radical (unpaired) electrons. The van der Waals surface area contributed by atoms with E-state index in [1.165, 1.54) is 41.3 Å². The van der Waals surface area contributed by atoms with Gasteiger partial charge in [0.25, 0.3) is 5.91 Å². The Morgan fingerprint density at radius 1 is 0.900 bits per heavy atom. The van der Waals surface area contributed by atoms with E-state index in [4.69, 9.17) is 5.14 Å². The minimum Gasteiger partial charge on any atom is -0.266 e. The third-order valence-electron chi connectivity index (χ3n) is 4.49. The monoisotopic (exact) mass is 421 g/mol. The van der Waals surface area contributed by atoms with E-state index in [2.05, 4.69) is 4.99 Å². The van der Waals surface area contributed by atoms with Gasteiger partial charge < -0.3 is 0 Å². The van der Waals surface area contributed by atoms with Crippen LogP contribution in [0.15, 0.2) is 94.4 Å². The lowest BCUT2D eigenvalue weighted by molar-refractivity contribution is -0.113. The van der Waals surface area contributed by atoms with Crippen LogP contribution in [-0.2, 0) is 14.8 Å². The second-order valence-electron chi connectivity index (χ2n) is 6.56. The van der Waals surface area contributed by atoms with Gasteiger partial charge in [0, 0.05) is 5.56 Å². The van der Waals surface area contributed by atoms with Crippen LogP contribution in [0.2, 0.25) is 0 Å². The highest BCUT2D eigenvalue weighted by Gasteiger charge is 2.32. The van der Waals surface area contributed by atoms with Gasteiger partial charge in [-0.15, -0.1) is 0 Å². The molecule has 1 aliphatic heterocycles. The summed E-state index contributed by atoms with van der Waals surface area (Å²) in [5.41, 5.74) is 1.96. The molecule has 1 amide bonds. The van der Waals surface area contributed by atoms with Gasteiger partial charge in [0.2, 0.25) is 10.0 Å². The molecule has 6 nitrogen and oxygen atoms in total. The predicted octanol–water partition coefficient (Wildman–Crippen LogP) is 3.31. The Kier molecular flexibility index (Phi) is 5.03. The zero-order valence-corrected chi connectivity index (χ0v) is 16.4. The molecule has 30 heavy (non-hydrogen) atoms. The molecule has 8 heteroatoms. The molecular weight excluding hydrogens is 405 g/mol. The highest BCUT2D eigenvalue weighted by atomic mass is 32.2. The summed E-state index contributed by atoms with van der Waals surface area (Å²) >= 11 is 0. The summed E-state index contributed by atoms with van der Waals surface area (Å²) in [6.45, 7) is 0. The van der Waals surface area contributed by atoms with Crippen molar-refractivity contribution < 1.29 is 17.6 Å². The first-order valence-electron chi connectivity index (χ1n) is 8.92. The summed E-state index contributed by atoms with van der Waals surface area (Å²) in [4.78, 5) is 19.0. The molecule has 3 aromatic rings. The maximum atomic E-state index is 13.2. The molecule has 150 valence electrons. The fourth-order valence-corrected chi connectivity index (χ4v) is 3.55. The van der Waals surface area contributed by atoms with Crippen molar-refractivity contribution in [1.82, 2.24) is 0 Å². The van der Waals surface area contributed by atoms with Crippen LogP contribution < -0.4 is 10.0 Å². The number of amidine groups is 1. The normalized spacial score (nSPS) is 15.5. The molecule has 3 aromatic carbocycles. The first-order chi connectivity index (χ1) is 14.3. The highest BCUT2D eigenvalue weighted by molar-refractivity contribution is 7.89. The first-order valence-corrected chi connectivity index (χ1v) is 10.5. The van der Waals surface area contributed by atoms with E-state index in [0.717, 1.165) is 0 Å². The number of anilines is 1. The Morgan fingerprint density at radius 2 is 1.53 bits per heavy atom. The van der Waals surface area contributed by atoms with Gasteiger partial charge in [-0.2, -0.15) is 0 Å². The molecule has 0 spiro atoms. The van der Waals surface area contributed by atoms with Gasteiger partial charge in [-0.3, -0.25) is 9.69 Å². The van der Waals surface area contributed by atoms with Crippen molar-refractivity contribution in [1.29, 1.82) is 0 Å². The molecular formula is C22H16FN3O3S. The lowest BCUT2D eigenvalue weighted by Gasteiger charge is -2.18. The molecule has 4 rings (SSSR count). The van der Waals surface area contributed by atoms with Gasteiger partial charge in [0.1, 0.15) is 17.3 Å². The molecule has 1 aliphatic rings. The summed E-state index contributed by atoms with van der Waals surface area (Å²) in [5.74, 6) is -0.362. The summed E-state index contributed by atoms with van der Waals surface area (Å²) < 4.78 is 36.3. The van der Waals surface area contributed by atoms with Crippen molar-refractivity contribution in [3.8, 4) is 0 Å². The average molecular weight is 421 g/mol. The average Bonchev–Trinajstić information content (AvgIpc) is 3.06. The third-order valence-corrected chi connectivity index (χ3v) is 5.42. The topological polar surface area (TPSA) is 92.8 Å². The molecule has 1 heterocycles. The van der Waals surface area contributed by atoms with Crippen LogP contribution in [0.5, 0.6) is 0 Å². The number of rotatable bonds is 4. The predicted molar refractivity (Wildman–Crippen MR) is 113 cm³/mol. The van der Waals surface area contributed by atoms with Crippen molar-refractivity contribution in [2.75, 3.05) is 4.90 Å². The Bertz CT molecular complexity index is 1270. The largest absolute Gasteiger partial charge is 0.282 e. The smallest absolute Gasteiger partial charge is 0.266 e. The van der Waals surface area contributed by atoms with E-state index in [1.54, 1.807) is 18.2 Å². The number of carbonyl (C=O) groups is 1. The number of amides is 1. The number of halogens is 1. The second kappa shape index (κ2) is 7.66. The lowest BCUT2D eigenvalue weighted by atomic mass is 10.1. The van der Waals surface area contributed by atoms with Gasteiger partial charge in [-0.25, -0.2) is 22.9 Å². The molecule has 0 aliphatic carbocycles. The molecule has 0 unspecified atom stereocenters. The van der Waals surface area contributed by atoms with Crippen LogP contribution in [-0.4, -0.2) is 20.2 Å². The van der Waals surface area contributed by atoms with E-state index in [-0.39, 0.29) is 22.3 Å². The van der Waals surface area contributed by atoms with Crippen molar-refractivity contribution in [2.45, 2.75) is 4.90 Å². The number of nitrogens with zero attached hydrogens (tertiary/aromatic N) is 2. The Labute approximate surface area is 172 Å². The fourth-order valence-electron chi connectivity index (χ4n) is 3.04. The number of primary sulfonamides is 1. The minimum atomic E-state index is -3.85. The maximum Gasteiger partial charge on any atom is 0.282 e. The summed E-state index contributed by atoms with van der Waals surface area (Å²) in [6, 6.07) is 20.5. The van der Waals surface area contributed by atoms with Crippen LogP contribution in [0.3, 0.4) is 0 Å². The van der Waals surface area contributed by atoms with E-state index < -0.39 is 10.0 Å². The molecule has 0 bridgehead atoms.